The lowest BCUT2D eigenvalue weighted by Gasteiger charge is -2.11. The van der Waals surface area contributed by atoms with Gasteiger partial charge < -0.3 is 9.67 Å². The second kappa shape index (κ2) is 6.41. The quantitative estimate of drug-likeness (QED) is 0.738. The van der Waals surface area contributed by atoms with Gasteiger partial charge in [-0.15, -0.1) is 0 Å². The van der Waals surface area contributed by atoms with E-state index in [2.05, 4.69) is 0 Å². The van der Waals surface area contributed by atoms with Crippen LogP contribution in [0.5, 0.6) is 0 Å². The highest BCUT2D eigenvalue weighted by Gasteiger charge is 2.34. The Morgan fingerprint density at radius 3 is 2.23 bits per heavy atom. The maximum atomic E-state index is 13.3. The average Bonchev–Trinajstić information content (AvgIpc) is 3.05. The zero-order valence-electron chi connectivity index (χ0n) is 13.2. The molecular formula is C19H11F3N2O2. The van der Waals surface area contributed by atoms with Gasteiger partial charge in [-0.2, -0.15) is 18.4 Å². The summed E-state index contributed by atoms with van der Waals surface area (Å²) in [6.45, 7) is 0. The summed E-state index contributed by atoms with van der Waals surface area (Å²) in [4.78, 5) is 10.9. The molecule has 0 unspecified atom stereocenters. The fourth-order valence-electron chi connectivity index (χ4n) is 2.65. The van der Waals surface area contributed by atoms with Crippen molar-refractivity contribution in [3.8, 4) is 22.9 Å². The number of aromatic carboxylic acids is 1. The van der Waals surface area contributed by atoms with Crippen molar-refractivity contribution in [2.45, 2.75) is 6.18 Å². The van der Waals surface area contributed by atoms with E-state index in [0.717, 1.165) is 6.07 Å². The Hall–Kier alpha value is -3.53. The molecule has 0 atom stereocenters. The van der Waals surface area contributed by atoms with E-state index in [1.54, 1.807) is 0 Å². The van der Waals surface area contributed by atoms with Crippen molar-refractivity contribution in [1.29, 1.82) is 5.26 Å². The second-order valence-electron chi connectivity index (χ2n) is 5.50. The van der Waals surface area contributed by atoms with Gasteiger partial charge in [0.2, 0.25) is 0 Å². The number of carboxylic acid groups (broad SMARTS) is 1. The highest BCUT2D eigenvalue weighted by Crippen LogP contribution is 2.38. The Morgan fingerprint density at radius 1 is 1.00 bits per heavy atom. The summed E-state index contributed by atoms with van der Waals surface area (Å²) >= 11 is 0. The molecule has 1 heterocycles. The zero-order valence-corrected chi connectivity index (χ0v) is 13.2. The summed E-state index contributed by atoms with van der Waals surface area (Å²) in [6.07, 6.45) is -1.70. The average molecular weight is 356 g/mol. The van der Waals surface area contributed by atoms with Crippen LogP contribution in [0.4, 0.5) is 13.2 Å². The molecule has 0 spiro atoms. The van der Waals surface area contributed by atoms with Crippen molar-refractivity contribution in [2.24, 2.45) is 0 Å². The summed E-state index contributed by atoms with van der Waals surface area (Å²) in [5.41, 5.74) is -0.0500. The third kappa shape index (κ3) is 3.17. The van der Waals surface area contributed by atoms with Crippen molar-refractivity contribution in [3.63, 3.8) is 0 Å². The molecule has 0 aliphatic rings. The highest BCUT2D eigenvalue weighted by molar-refractivity contribution is 5.87. The van der Waals surface area contributed by atoms with Crippen molar-refractivity contribution in [1.82, 2.24) is 4.57 Å². The van der Waals surface area contributed by atoms with Gasteiger partial charge in [0.25, 0.3) is 0 Å². The van der Waals surface area contributed by atoms with Gasteiger partial charge in [0.1, 0.15) is 6.07 Å². The monoisotopic (exact) mass is 356 g/mol. The van der Waals surface area contributed by atoms with E-state index in [9.17, 15) is 23.2 Å². The number of carbonyl (C=O) groups is 1. The molecule has 7 heteroatoms. The van der Waals surface area contributed by atoms with Crippen LogP contribution < -0.4 is 0 Å². The molecule has 0 fully saturated rings. The molecule has 130 valence electrons. The molecule has 2 aromatic carbocycles. The minimum Gasteiger partial charge on any atom is -0.478 e. The molecule has 0 aliphatic heterocycles. The van der Waals surface area contributed by atoms with Gasteiger partial charge in [0.05, 0.1) is 16.7 Å². The molecule has 0 aliphatic carbocycles. The number of hydrogen-bond acceptors (Lipinski definition) is 2. The molecule has 3 aromatic rings. The van der Waals surface area contributed by atoms with Crippen LogP contribution in [0.2, 0.25) is 0 Å². The molecule has 1 N–H and O–H groups in total. The smallest absolute Gasteiger partial charge is 0.417 e. The summed E-state index contributed by atoms with van der Waals surface area (Å²) in [7, 11) is 0. The van der Waals surface area contributed by atoms with E-state index in [1.807, 2.05) is 6.07 Å². The van der Waals surface area contributed by atoms with Crippen molar-refractivity contribution in [2.75, 3.05) is 0 Å². The van der Waals surface area contributed by atoms with Gasteiger partial charge in [0, 0.05) is 23.6 Å². The Bertz CT molecular complexity index is 1010. The molecule has 0 saturated heterocycles. The van der Waals surface area contributed by atoms with Crippen molar-refractivity contribution >= 4 is 5.97 Å². The number of nitrogens with zero attached hydrogens (tertiary/aromatic N) is 2. The lowest BCUT2D eigenvalue weighted by atomic mass is 9.99. The van der Waals surface area contributed by atoms with Gasteiger partial charge in [-0.25, -0.2) is 4.79 Å². The SMILES string of the molecule is N#Cc1cn(-c2ccc(C(=O)O)cc2)cc1-c1ccccc1C(F)(F)F. The Balaban J connectivity index is 2.12. The Labute approximate surface area is 146 Å². The first-order valence-corrected chi connectivity index (χ1v) is 7.43. The molecule has 0 amide bonds. The first kappa shape index (κ1) is 17.3. The number of nitriles is 1. The molecular weight excluding hydrogens is 345 g/mol. The lowest BCUT2D eigenvalue weighted by Crippen LogP contribution is -2.06. The number of rotatable bonds is 3. The Kier molecular flexibility index (Phi) is 4.26. The van der Waals surface area contributed by atoms with Gasteiger partial charge in [-0.3, -0.25) is 0 Å². The summed E-state index contributed by atoms with van der Waals surface area (Å²) in [6, 6.07) is 12.8. The Morgan fingerprint density at radius 2 is 1.65 bits per heavy atom. The minimum atomic E-state index is -4.55. The number of hydrogen-bond donors (Lipinski definition) is 1. The van der Waals surface area contributed by atoms with Crippen LogP contribution >= 0.6 is 0 Å². The summed E-state index contributed by atoms with van der Waals surface area (Å²) in [5.74, 6) is -1.08. The van der Waals surface area contributed by atoms with E-state index >= 15 is 0 Å². The summed E-state index contributed by atoms with van der Waals surface area (Å²) < 4.78 is 41.3. The molecule has 3 rings (SSSR count). The van der Waals surface area contributed by atoms with E-state index in [1.165, 1.54) is 59.4 Å². The van der Waals surface area contributed by atoms with Gasteiger partial charge in [-0.05, 0) is 35.9 Å². The lowest BCUT2D eigenvalue weighted by molar-refractivity contribution is -0.137. The first-order chi connectivity index (χ1) is 12.3. The van der Waals surface area contributed by atoms with Crippen molar-refractivity contribution < 1.29 is 23.1 Å². The van der Waals surface area contributed by atoms with E-state index in [-0.39, 0.29) is 22.3 Å². The van der Waals surface area contributed by atoms with Crippen molar-refractivity contribution in [3.05, 3.63) is 77.6 Å². The number of alkyl halides is 3. The van der Waals surface area contributed by atoms with E-state index < -0.39 is 17.7 Å². The predicted octanol–water partition coefficient (Wildman–Crippen LogP) is 4.73. The van der Waals surface area contributed by atoms with Gasteiger partial charge in [-0.1, -0.05) is 18.2 Å². The van der Waals surface area contributed by atoms with Crippen LogP contribution in [0.1, 0.15) is 21.5 Å². The number of benzene rings is 2. The number of halogens is 3. The predicted molar refractivity (Wildman–Crippen MR) is 87.9 cm³/mol. The van der Waals surface area contributed by atoms with Gasteiger partial charge in [0.15, 0.2) is 0 Å². The molecule has 1 aromatic heterocycles. The maximum Gasteiger partial charge on any atom is 0.417 e. The normalized spacial score (nSPS) is 11.2. The molecule has 26 heavy (non-hydrogen) atoms. The molecule has 0 bridgehead atoms. The molecule has 0 radical (unpaired) electrons. The van der Waals surface area contributed by atoms with Gasteiger partial charge >= 0.3 is 12.1 Å². The van der Waals surface area contributed by atoms with Crippen LogP contribution in [0.3, 0.4) is 0 Å². The second-order valence-corrected chi connectivity index (χ2v) is 5.50. The summed E-state index contributed by atoms with van der Waals surface area (Å²) in [5, 5.41) is 18.3. The largest absolute Gasteiger partial charge is 0.478 e. The third-order valence-corrected chi connectivity index (χ3v) is 3.88. The van der Waals surface area contributed by atoms with E-state index in [4.69, 9.17) is 5.11 Å². The van der Waals surface area contributed by atoms with Crippen LogP contribution in [0.15, 0.2) is 60.9 Å². The van der Waals surface area contributed by atoms with Crippen LogP contribution in [-0.2, 0) is 6.18 Å². The minimum absolute atomic E-state index is 0.0857. The van der Waals surface area contributed by atoms with Crippen LogP contribution in [-0.4, -0.2) is 15.6 Å². The maximum absolute atomic E-state index is 13.3. The van der Waals surface area contributed by atoms with E-state index in [0.29, 0.717) is 5.69 Å². The standard InChI is InChI=1S/C19H11F3N2O2/c20-19(21,22)17-4-2-1-3-15(17)16-11-24(10-13(16)9-23)14-7-5-12(6-8-14)18(25)26/h1-8,10-11H,(H,25,26). The first-order valence-electron chi connectivity index (χ1n) is 7.43. The zero-order chi connectivity index (χ0) is 18.9. The van der Waals surface area contributed by atoms with Crippen LogP contribution in [0.25, 0.3) is 16.8 Å². The van der Waals surface area contributed by atoms with Crippen LogP contribution in [0, 0.1) is 11.3 Å². The third-order valence-electron chi connectivity index (χ3n) is 3.88. The number of carboxylic acids is 1. The topological polar surface area (TPSA) is 66.0 Å². The number of aromatic nitrogens is 1. The molecule has 0 saturated carbocycles. The fourth-order valence-corrected chi connectivity index (χ4v) is 2.65. The molecule has 4 nitrogen and oxygen atoms in total. The fraction of sp³-hybridized carbons (Fsp3) is 0.0526. The highest BCUT2D eigenvalue weighted by atomic mass is 19.4.